The van der Waals surface area contributed by atoms with Crippen molar-refractivity contribution < 1.29 is 9.53 Å². The zero-order valence-corrected chi connectivity index (χ0v) is 13.1. The van der Waals surface area contributed by atoms with Crippen molar-refractivity contribution >= 4 is 27.5 Å². The highest BCUT2D eigenvalue weighted by molar-refractivity contribution is 7.18. The number of fused-ring (bicyclic) bond motifs is 3. The smallest absolute Gasteiger partial charge is 0.330 e. The van der Waals surface area contributed by atoms with E-state index in [1.54, 1.807) is 18.3 Å². The van der Waals surface area contributed by atoms with Crippen molar-refractivity contribution in [2.24, 2.45) is 5.92 Å². The van der Waals surface area contributed by atoms with Crippen LogP contribution in [0.3, 0.4) is 0 Å². The summed E-state index contributed by atoms with van der Waals surface area (Å²) in [5.41, 5.74) is 0.851. The van der Waals surface area contributed by atoms with E-state index in [0.717, 1.165) is 29.5 Å². The molecule has 0 aliphatic heterocycles. The quantitative estimate of drug-likeness (QED) is 0.790. The lowest BCUT2D eigenvalue weighted by Gasteiger charge is -2.17. The Balaban J connectivity index is 2.17. The van der Waals surface area contributed by atoms with E-state index in [-0.39, 0.29) is 5.56 Å². The monoisotopic (exact) mass is 307 g/mol. The van der Waals surface area contributed by atoms with Gasteiger partial charge in [-0.05, 0) is 37.7 Å². The molecule has 3 rings (SSSR count). The average molecular weight is 307 g/mol. The van der Waals surface area contributed by atoms with E-state index >= 15 is 0 Å². The van der Waals surface area contributed by atoms with E-state index in [1.165, 1.54) is 12.0 Å². The number of methoxy groups -OCH3 is 1. The molecule has 0 saturated heterocycles. The molecule has 2 heterocycles. The Labute approximate surface area is 125 Å². The van der Waals surface area contributed by atoms with Gasteiger partial charge in [0.2, 0.25) is 0 Å². The van der Waals surface area contributed by atoms with Crippen molar-refractivity contribution in [3.8, 4) is 0 Å². The number of carbonyl (C=O) groups excluding carboxylic acids is 1. The van der Waals surface area contributed by atoms with E-state index in [4.69, 9.17) is 0 Å². The number of rotatable bonds is 2. The highest BCUT2D eigenvalue weighted by atomic mass is 32.1. The third-order valence-corrected chi connectivity index (χ3v) is 5.19. The zero-order chi connectivity index (χ0) is 15.1. The van der Waals surface area contributed by atoms with Crippen LogP contribution in [0.15, 0.2) is 4.79 Å². The Kier molecular flexibility index (Phi) is 3.52. The third-order valence-electron chi connectivity index (χ3n) is 4.06. The Morgan fingerprint density at radius 2 is 2.29 bits per heavy atom. The summed E-state index contributed by atoms with van der Waals surface area (Å²) in [4.78, 5) is 26.2. The van der Waals surface area contributed by atoms with Crippen molar-refractivity contribution in [2.45, 2.75) is 39.2 Å². The normalized spacial score (nSPS) is 19.3. The number of aromatic nitrogens is 3. The molecule has 2 aromatic heterocycles. The first kappa shape index (κ1) is 14.2. The fourth-order valence-electron chi connectivity index (χ4n) is 2.80. The van der Waals surface area contributed by atoms with Crippen molar-refractivity contribution in [1.29, 1.82) is 0 Å². The maximum Gasteiger partial charge on any atom is 0.330 e. The maximum absolute atomic E-state index is 12.7. The number of carbonyl (C=O) groups is 1. The van der Waals surface area contributed by atoms with E-state index in [0.29, 0.717) is 16.1 Å². The Bertz CT molecular complexity index is 765. The molecule has 0 amide bonds. The van der Waals surface area contributed by atoms with Crippen molar-refractivity contribution in [1.82, 2.24) is 15.0 Å². The highest BCUT2D eigenvalue weighted by Crippen LogP contribution is 2.35. The average Bonchev–Trinajstić information content (AvgIpc) is 2.84. The predicted molar refractivity (Wildman–Crippen MR) is 79.6 cm³/mol. The van der Waals surface area contributed by atoms with Gasteiger partial charge in [0.05, 0.1) is 12.5 Å². The van der Waals surface area contributed by atoms with Crippen LogP contribution in [0.2, 0.25) is 0 Å². The van der Waals surface area contributed by atoms with Gasteiger partial charge >= 0.3 is 5.97 Å². The molecule has 7 heteroatoms. The van der Waals surface area contributed by atoms with Crippen LogP contribution in [-0.2, 0) is 22.4 Å². The van der Waals surface area contributed by atoms with Gasteiger partial charge in [0.1, 0.15) is 0 Å². The highest BCUT2D eigenvalue weighted by Gasteiger charge is 2.26. The van der Waals surface area contributed by atoms with Crippen LogP contribution < -0.4 is 5.56 Å². The lowest BCUT2D eigenvalue weighted by atomic mass is 9.89. The molecule has 0 N–H and O–H groups in total. The summed E-state index contributed by atoms with van der Waals surface area (Å²) in [6.45, 7) is 3.81. The molecule has 0 radical (unpaired) electrons. The summed E-state index contributed by atoms with van der Waals surface area (Å²) in [7, 11) is 1.30. The number of nitrogens with zero attached hydrogens (tertiary/aromatic N) is 3. The third kappa shape index (κ3) is 2.25. The molecule has 0 spiro atoms. The second kappa shape index (κ2) is 5.22. The van der Waals surface area contributed by atoms with E-state index in [9.17, 15) is 9.59 Å². The molecule has 2 aromatic rings. The lowest BCUT2D eigenvalue weighted by Crippen LogP contribution is -2.32. The van der Waals surface area contributed by atoms with Gasteiger partial charge < -0.3 is 4.74 Å². The van der Waals surface area contributed by atoms with Crippen LogP contribution in [0.4, 0.5) is 0 Å². The minimum atomic E-state index is -0.766. The fraction of sp³-hybridized carbons (Fsp3) is 0.571. The number of thiophene rings is 1. The van der Waals surface area contributed by atoms with Gasteiger partial charge in [-0.2, -0.15) is 4.68 Å². The number of aryl methyl sites for hydroxylation is 1. The number of ether oxygens (including phenoxy) is 1. The molecule has 112 valence electrons. The van der Waals surface area contributed by atoms with Crippen molar-refractivity contribution in [3.05, 3.63) is 20.8 Å². The number of esters is 1. The molecule has 0 bridgehead atoms. The zero-order valence-electron chi connectivity index (χ0n) is 12.3. The molecular weight excluding hydrogens is 290 g/mol. The van der Waals surface area contributed by atoms with Crippen LogP contribution in [0, 0.1) is 5.92 Å². The molecule has 0 aromatic carbocycles. The van der Waals surface area contributed by atoms with E-state index in [1.807, 2.05) is 0 Å². The van der Waals surface area contributed by atoms with Gasteiger partial charge in [0, 0.05) is 4.88 Å². The second-order valence-corrected chi connectivity index (χ2v) is 6.65. The summed E-state index contributed by atoms with van der Waals surface area (Å²) in [5.74, 6) is 0.137. The number of hydrogen-bond donors (Lipinski definition) is 0. The van der Waals surface area contributed by atoms with Crippen molar-refractivity contribution in [3.63, 3.8) is 0 Å². The molecule has 21 heavy (non-hydrogen) atoms. The molecular formula is C14H17N3O3S. The Hall–Kier alpha value is -1.76. The van der Waals surface area contributed by atoms with Gasteiger partial charge in [-0.25, -0.2) is 4.79 Å². The SMILES string of the molecule is COC(=O)[C@@H](C)n1nnc2sc3c(c2c1=O)CC[C@H](C)C3. The molecule has 0 fully saturated rings. The predicted octanol–water partition coefficient (Wildman–Crippen LogP) is 1.71. The summed E-state index contributed by atoms with van der Waals surface area (Å²) >= 11 is 1.55. The summed E-state index contributed by atoms with van der Waals surface area (Å²) in [6.07, 6.45) is 2.96. The first-order valence-corrected chi connectivity index (χ1v) is 7.82. The first-order chi connectivity index (χ1) is 10.0. The van der Waals surface area contributed by atoms with Crippen LogP contribution in [-0.4, -0.2) is 28.1 Å². The van der Waals surface area contributed by atoms with E-state index < -0.39 is 12.0 Å². The topological polar surface area (TPSA) is 74.1 Å². The van der Waals surface area contributed by atoms with Crippen LogP contribution in [0.5, 0.6) is 0 Å². The summed E-state index contributed by atoms with van der Waals surface area (Å²) in [5, 5.41) is 8.67. The van der Waals surface area contributed by atoms with Crippen LogP contribution >= 0.6 is 11.3 Å². The minimum Gasteiger partial charge on any atom is -0.467 e. The van der Waals surface area contributed by atoms with Crippen LogP contribution in [0.1, 0.15) is 36.8 Å². The maximum atomic E-state index is 12.7. The van der Waals surface area contributed by atoms with E-state index in [2.05, 4.69) is 22.0 Å². The van der Waals surface area contributed by atoms with Gasteiger partial charge in [-0.15, -0.1) is 16.4 Å². The van der Waals surface area contributed by atoms with Gasteiger partial charge in [0.25, 0.3) is 5.56 Å². The molecule has 6 nitrogen and oxygen atoms in total. The Morgan fingerprint density at radius 1 is 1.52 bits per heavy atom. The van der Waals surface area contributed by atoms with Gasteiger partial charge in [-0.1, -0.05) is 12.1 Å². The summed E-state index contributed by atoms with van der Waals surface area (Å²) in [6, 6.07) is -0.766. The molecule has 0 saturated carbocycles. The summed E-state index contributed by atoms with van der Waals surface area (Å²) < 4.78 is 5.80. The second-order valence-electron chi connectivity index (χ2n) is 5.57. The molecule has 1 aliphatic rings. The largest absolute Gasteiger partial charge is 0.467 e. The van der Waals surface area contributed by atoms with Crippen molar-refractivity contribution in [2.75, 3.05) is 7.11 Å². The first-order valence-electron chi connectivity index (χ1n) is 7.00. The lowest BCUT2D eigenvalue weighted by molar-refractivity contribution is -0.144. The van der Waals surface area contributed by atoms with Gasteiger partial charge in [0.15, 0.2) is 10.9 Å². The molecule has 2 atom stereocenters. The Morgan fingerprint density at radius 3 is 3.00 bits per heavy atom. The number of hydrogen-bond acceptors (Lipinski definition) is 6. The molecule has 0 unspecified atom stereocenters. The minimum absolute atomic E-state index is 0.245. The van der Waals surface area contributed by atoms with Gasteiger partial charge in [-0.3, -0.25) is 4.79 Å². The standard InChI is InChI=1S/C14H17N3O3S/c1-7-4-5-9-10(6-7)21-12-11(9)13(18)17(16-15-12)8(2)14(19)20-3/h7-8H,4-6H2,1-3H3/t7-,8+/m0/s1. The fourth-order valence-corrected chi connectivity index (χ4v) is 4.11. The molecule has 1 aliphatic carbocycles. The van der Waals surface area contributed by atoms with Crippen LogP contribution in [0.25, 0.3) is 10.2 Å².